The second-order valence-electron chi connectivity index (χ2n) is 2.51. The van der Waals surface area contributed by atoms with Crippen LogP contribution in [0, 0.1) is 0 Å². The van der Waals surface area contributed by atoms with Crippen LogP contribution in [0.15, 0.2) is 38.0 Å². The monoisotopic (exact) mass is 193 g/mol. The molecule has 0 heterocycles. The molecule has 0 spiro atoms. The molecule has 0 unspecified atom stereocenters. The molecule has 0 radical (unpaired) electrons. The maximum Gasteiger partial charge on any atom is 0.205 e. The van der Waals surface area contributed by atoms with Crippen molar-refractivity contribution in [2.75, 3.05) is 0 Å². The van der Waals surface area contributed by atoms with Crippen molar-refractivity contribution < 1.29 is 14.4 Å². The van der Waals surface area contributed by atoms with E-state index in [0.717, 1.165) is 18.2 Å². The van der Waals surface area contributed by atoms with Crippen molar-refractivity contribution in [1.82, 2.24) is 0 Å². The Morgan fingerprint density at radius 3 is 1.21 bits per heavy atom. The summed E-state index contributed by atoms with van der Waals surface area (Å²) in [5.41, 5.74) is 3.15. The quantitative estimate of drug-likeness (QED) is 0.474. The average Bonchev–Trinajstić information content (AvgIpc) is 2.24. The van der Waals surface area contributed by atoms with Crippen LogP contribution in [0.4, 0.5) is 0 Å². The third kappa shape index (κ3) is 1.75. The molecule has 0 saturated heterocycles. The van der Waals surface area contributed by atoms with E-state index >= 15 is 0 Å². The molecule has 0 amide bonds. The fourth-order valence-electron chi connectivity index (χ4n) is 0.847. The Balaban J connectivity index is 5.46. The summed E-state index contributed by atoms with van der Waals surface area (Å²) in [6.07, 6.45) is 2.47. The molecule has 4 heteroatoms. The molecule has 0 aliphatic rings. The van der Waals surface area contributed by atoms with Crippen LogP contribution in [0.5, 0.6) is 0 Å². The molecule has 0 aromatic rings. The van der Waals surface area contributed by atoms with Crippen molar-refractivity contribution in [3.8, 4) is 0 Å². The maximum absolute atomic E-state index is 11.3. The van der Waals surface area contributed by atoms with Gasteiger partial charge in [-0.25, -0.2) is 0 Å². The zero-order chi connectivity index (χ0) is 11.4. The van der Waals surface area contributed by atoms with E-state index in [1.54, 1.807) is 0 Å². The van der Waals surface area contributed by atoms with Crippen LogP contribution in [-0.2, 0) is 14.4 Å². The van der Waals surface area contributed by atoms with Crippen LogP contribution >= 0.6 is 0 Å². The van der Waals surface area contributed by atoms with Crippen LogP contribution in [0.25, 0.3) is 0 Å². The van der Waals surface area contributed by atoms with Crippen LogP contribution < -0.4 is 5.73 Å². The molecule has 0 aromatic carbocycles. The van der Waals surface area contributed by atoms with Gasteiger partial charge in [-0.1, -0.05) is 19.7 Å². The Hall–Kier alpha value is -1.81. The van der Waals surface area contributed by atoms with Gasteiger partial charge >= 0.3 is 0 Å². The van der Waals surface area contributed by atoms with Crippen LogP contribution in [-0.4, -0.2) is 22.9 Å². The Bertz CT molecular complexity index is 278. The minimum Gasteiger partial charge on any atom is -0.306 e. The molecule has 0 aliphatic carbocycles. The van der Waals surface area contributed by atoms with Gasteiger partial charge in [0.1, 0.15) is 0 Å². The first kappa shape index (κ1) is 12.2. The standard InChI is InChI=1S/C10H11NO3/c1-4-7(12)10(11,8(13)5-2)9(14)6-3/h4-6H,1-3,11H2. The lowest BCUT2D eigenvalue weighted by Crippen LogP contribution is -2.59. The Kier molecular flexibility index (Phi) is 3.86. The van der Waals surface area contributed by atoms with E-state index in [9.17, 15) is 14.4 Å². The summed E-state index contributed by atoms with van der Waals surface area (Å²) < 4.78 is 0. The smallest absolute Gasteiger partial charge is 0.205 e. The lowest BCUT2D eigenvalue weighted by molar-refractivity contribution is -0.136. The van der Waals surface area contributed by atoms with Crippen LogP contribution in [0.3, 0.4) is 0 Å². The normalized spacial score (nSPS) is 10.1. The van der Waals surface area contributed by atoms with Gasteiger partial charge in [-0.05, 0) is 18.2 Å². The number of hydrogen-bond donors (Lipinski definition) is 1. The summed E-state index contributed by atoms with van der Waals surface area (Å²) in [6.45, 7) is 9.47. The summed E-state index contributed by atoms with van der Waals surface area (Å²) >= 11 is 0. The highest BCUT2D eigenvalue weighted by atomic mass is 16.2. The first-order valence-corrected chi connectivity index (χ1v) is 3.74. The zero-order valence-electron chi connectivity index (χ0n) is 7.66. The van der Waals surface area contributed by atoms with Crippen LogP contribution in [0.1, 0.15) is 0 Å². The molecule has 0 aliphatic heterocycles. The van der Waals surface area contributed by atoms with E-state index in [4.69, 9.17) is 5.73 Å². The summed E-state index contributed by atoms with van der Waals surface area (Å²) in [4.78, 5) is 33.8. The first-order chi connectivity index (χ1) is 6.44. The minimum absolute atomic E-state index is 0.822. The highest BCUT2D eigenvalue weighted by Gasteiger charge is 2.44. The lowest BCUT2D eigenvalue weighted by atomic mass is 9.85. The third-order valence-electron chi connectivity index (χ3n) is 1.72. The number of nitrogens with two attached hydrogens (primary N) is 1. The van der Waals surface area contributed by atoms with Crippen molar-refractivity contribution >= 4 is 17.3 Å². The van der Waals surface area contributed by atoms with Gasteiger partial charge in [0.15, 0.2) is 17.3 Å². The summed E-state index contributed by atoms with van der Waals surface area (Å²) in [5, 5.41) is 0. The van der Waals surface area contributed by atoms with Gasteiger partial charge in [-0.3, -0.25) is 14.4 Å². The predicted octanol–water partition coefficient (Wildman–Crippen LogP) is -0.0508. The van der Waals surface area contributed by atoms with E-state index in [1.165, 1.54) is 0 Å². The minimum atomic E-state index is -2.24. The topological polar surface area (TPSA) is 77.2 Å². The summed E-state index contributed by atoms with van der Waals surface area (Å²) in [5.74, 6) is -2.60. The molecular formula is C10H11NO3. The second kappa shape index (κ2) is 4.43. The largest absolute Gasteiger partial charge is 0.306 e. The second-order valence-corrected chi connectivity index (χ2v) is 2.51. The van der Waals surface area contributed by atoms with Crippen molar-refractivity contribution in [3.63, 3.8) is 0 Å². The van der Waals surface area contributed by atoms with Gasteiger partial charge in [0.2, 0.25) is 5.54 Å². The van der Waals surface area contributed by atoms with Gasteiger partial charge in [-0.15, -0.1) is 0 Å². The first-order valence-electron chi connectivity index (χ1n) is 3.74. The van der Waals surface area contributed by atoms with Crippen molar-refractivity contribution in [1.29, 1.82) is 0 Å². The van der Waals surface area contributed by atoms with Gasteiger partial charge < -0.3 is 5.73 Å². The molecule has 14 heavy (non-hydrogen) atoms. The van der Waals surface area contributed by atoms with E-state index in [1.807, 2.05) is 0 Å². The van der Waals surface area contributed by atoms with Crippen LogP contribution in [0.2, 0.25) is 0 Å². The third-order valence-corrected chi connectivity index (χ3v) is 1.72. The maximum atomic E-state index is 11.3. The number of rotatable bonds is 6. The van der Waals surface area contributed by atoms with E-state index < -0.39 is 22.9 Å². The Morgan fingerprint density at radius 2 is 1.07 bits per heavy atom. The molecule has 0 saturated carbocycles. The summed E-state index contributed by atoms with van der Waals surface area (Å²) in [6, 6.07) is 0. The Labute approximate surface area is 81.8 Å². The molecule has 4 nitrogen and oxygen atoms in total. The average molecular weight is 193 g/mol. The summed E-state index contributed by atoms with van der Waals surface area (Å²) in [7, 11) is 0. The molecule has 0 rings (SSSR count). The lowest BCUT2D eigenvalue weighted by Gasteiger charge is -2.19. The SMILES string of the molecule is C=CC(=O)C(N)(C(=O)C=C)C(=O)C=C. The number of carbonyl (C=O) groups excluding carboxylic acids is 3. The highest BCUT2D eigenvalue weighted by Crippen LogP contribution is 2.08. The zero-order valence-corrected chi connectivity index (χ0v) is 7.66. The number of hydrogen-bond acceptors (Lipinski definition) is 4. The molecule has 0 aromatic heterocycles. The van der Waals surface area contributed by atoms with E-state index in [0.29, 0.717) is 0 Å². The molecular weight excluding hydrogens is 182 g/mol. The highest BCUT2D eigenvalue weighted by molar-refractivity contribution is 6.36. The van der Waals surface area contributed by atoms with Gasteiger partial charge in [0.05, 0.1) is 0 Å². The molecule has 2 N–H and O–H groups in total. The molecule has 74 valence electrons. The van der Waals surface area contributed by atoms with Crippen molar-refractivity contribution in [2.45, 2.75) is 5.54 Å². The Morgan fingerprint density at radius 1 is 0.857 bits per heavy atom. The predicted molar refractivity (Wildman–Crippen MR) is 52.5 cm³/mol. The molecule has 0 atom stereocenters. The number of ketones is 3. The molecule has 0 bridgehead atoms. The fourth-order valence-corrected chi connectivity index (χ4v) is 0.847. The van der Waals surface area contributed by atoms with Crippen molar-refractivity contribution in [2.24, 2.45) is 5.73 Å². The van der Waals surface area contributed by atoms with Crippen molar-refractivity contribution in [3.05, 3.63) is 38.0 Å². The van der Waals surface area contributed by atoms with E-state index in [2.05, 4.69) is 19.7 Å². The number of carbonyl (C=O) groups is 3. The van der Waals surface area contributed by atoms with Gasteiger partial charge in [0.25, 0.3) is 0 Å². The fraction of sp³-hybridized carbons (Fsp3) is 0.100. The van der Waals surface area contributed by atoms with Gasteiger partial charge in [-0.2, -0.15) is 0 Å². The van der Waals surface area contributed by atoms with E-state index in [-0.39, 0.29) is 0 Å². The van der Waals surface area contributed by atoms with Gasteiger partial charge in [0, 0.05) is 0 Å². The molecule has 0 fully saturated rings.